The Balaban J connectivity index is 2.80. The zero-order chi connectivity index (χ0) is 10.6. The molecule has 14 heavy (non-hydrogen) atoms. The van der Waals surface area contributed by atoms with Crippen molar-refractivity contribution in [2.75, 3.05) is 6.54 Å². The van der Waals surface area contributed by atoms with Gasteiger partial charge in [-0.15, -0.1) is 0 Å². The van der Waals surface area contributed by atoms with Gasteiger partial charge in [-0.3, -0.25) is 5.32 Å². The lowest BCUT2D eigenvalue weighted by Crippen LogP contribution is -2.18. The standard InChI is InChI=1S/C10H10Cl2N2/c1-7(14-5-4-13)9-3-2-8(11)6-10(9)12/h2-3,6-7,14H,5H2,1H3/t7-/m1/s1. The number of nitrogens with one attached hydrogen (secondary N) is 1. The van der Waals surface area contributed by atoms with E-state index in [0.717, 1.165) is 5.56 Å². The van der Waals surface area contributed by atoms with Crippen LogP contribution in [0.5, 0.6) is 0 Å². The minimum atomic E-state index is 0.0550. The van der Waals surface area contributed by atoms with Crippen LogP contribution >= 0.6 is 23.2 Å². The maximum Gasteiger partial charge on any atom is 0.0845 e. The SMILES string of the molecule is C[C@@H](NCC#N)c1ccc(Cl)cc1Cl. The molecule has 1 rings (SSSR count). The summed E-state index contributed by atoms with van der Waals surface area (Å²) in [5.74, 6) is 0. The van der Waals surface area contributed by atoms with E-state index in [1.807, 2.05) is 19.1 Å². The van der Waals surface area contributed by atoms with E-state index in [1.165, 1.54) is 0 Å². The van der Waals surface area contributed by atoms with Gasteiger partial charge in [-0.25, -0.2) is 0 Å². The molecule has 0 saturated heterocycles. The Morgan fingerprint density at radius 1 is 1.50 bits per heavy atom. The highest BCUT2D eigenvalue weighted by atomic mass is 35.5. The first-order chi connectivity index (χ1) is 6.65. The van der Waals surface area contributed by atoms with E-state index in [9.17, 15) is 0 Å². The molecule has 0 unspecified atom stereocenters. The molecule has 1 aromatic carbocycles. The van der Waals surface area contributed by atoms with Gasteiger partial charge in [-0.1, -0.05) is 29.3 Å². The summed E-state index contributed by atoms with van der Waals surface area (Å²) in [7, 11) is 0. The molecule has 0 spiro atoms. The van der Waals surface area contributed by atoms with Crippen molar-refractivity contribution in [3.05, 3.63) is 33.8 Å². The molecule has 2 nitrogen and oxygen atoms in total. The normalized spacial score (nSPS) is 12.1. The molecule has 4 heteroatoms. The van der Waals surface area contributed by atoms with Crippen molar-refractivity contribution in [1.29, 1.82) is 5.26 Å². The average Bonchev–Trinajstić information content (AvgIpc) is 2.14. The fraction of sp³-hybridized carbons (Fsp3) is 0.300. The maximum atomic E-state index is 8.41. The zero-order valence-electron chi connectivity index (χ0n) is 7.72. The largest absolute Gasteiger partial charge is 0.298 e. The summed E-state index contributed by atoms with van der Waals surface area (Å²) in [4.78, 5) is 0. The Labute approximate surface area is 93.4 Å². The number of hydrogen-bond acceptors (Lipinski definition) is 2. The van der Waals surface area contributed by atoms with Gasteiger partial charge in [-0.05, 0) is 24.6 Å². The van der Waals surface area contributed by atoms with E-state index in [2.05, 4.69) is 5.32 Å². The minimum Gasteiger partial charge on any atom is -0.298 e. The van der Waals surface area contributed by atoms with Crippen LogP contribution < -0.4 is 5.32 Å². The average molecular weight is 229 g/mol. The highest BCUT2D eigenvalue weighted by molar-refractivity contribution is 6.35. The Morgan fingerprint density at radius 2 is 2.21 bits per heavy atom. The first kappa shape index (κ1) is 11.3. The molecular formula is C10H10Cl2N2. The molecule has 0 fully saturated rings. The Morgan fingerprint density at radius 3 is 2.79 bits per heavy atom. The Bertz CT molecular complexity index is 358. The van der Waals surface area contributed by atoms with Crippen LogP contribution in [0.3, 0.4) is 0 Å². The Hall–Kier alpha value is -0.750. The van der Waals surface area contributed by atoms with Gasteiger partial charge in [0.05, 0.1) is 12.6 Å². The summed E-state index contributed by atoms with van der Waals surface area (Å²) in [6.45, 7) is 2.26. The van der Waals surface area contributed by atoms with Crippen molar-refractivity contribution in [3.63, 3.8) is 0 Å². The van der Waals surface area contributed by atoms with Crippen LogP contribution in [0.25, 0.3) is 0 Å². The van der Waals surface area contributed by atoms with Gasteiger partial charge in [0.1, 0.15) is 0 Å². The molecular weight excluding hydrogens is 219 g/mol. The predicted molar refractivity (Wildman–Crippen MR) is 58.5 cm³/mol. The highest BCUT2D eigenvalue weighted by Gasteiger charge is 2.08. The molecule has 74 valence electrons. The second-order valence-electron chi connectivity index (χ2n) is 2.93. The number of rotatable bonds is 3. The van der Waals surface area contributed by atoms with E-state index >= 15 is 0 Å². The number of benzene rings is 1. The lowest BCUT2D eigenvalue weighted by molar-refractivity contribution is 0.621. The molecule has 1 aromatic rings. The van der Waals surface area contributed by atoms with Gasteiger partial charge in [0.2, 0.25) is 0 Å². The van der Waals surface area contributed by atoms with E-state index in [0.29, 0.717) is 16.6 Å². The molecule has 0 amide bonds. The molecule has 0 aromatic heterocycles. The van der Waals surface area contributed by atoms with Gasteiger partial charge >= 0.3 is 0 Å². The van der Waals surface area contributed by atoms with E-state index < -0.39 is 0 Å². The fourth-order valence-corrected chi connectivity index (χ4v) is 1.73. The third kappa shape index (κ3) is 2.88. The topological polar surface area (TPSA) is 35.8 Å². The smallest absolute Gasteiger partial charge is 0.0845 e. The lowest BCUT2D eigenvalue weighted by atomic mass is 10.1. The molecule has 0 bridgehead atoms. The van der Waals surface area contributed by atoms with E-state index in [1.54, 1.807) is 12.1 Å². The van der Waals surface area contributed by atoms with Crippen LogP contribution in [0.1, 0.15) is 18.5 Å². The fourth-order valence-electron chi connectivity index (χ4n) is 1.16. The van der Waals surface area contributed by atoms with Gasteiger partial charge in [-0.2, -0.15) is 5.26 Å². The predicted octanol–water partition coefficient (Wildman–Crippen LogP) is 3.17. The van der Waals surface area contributed by atoms with Crippen LogP contribution in [-0.2, 0) is 0 Å². The zero-order valence-corrected chi connectivity index (χ0v) is 9.23. The molecule has 0 saturated carbocycles. The van der Waals surface area contributed by atoms with Gasteiger partial charge in [0.15, 0.2) is 0 Å². The number of nitrogens with zero attached hydrogens (tertiary/aromatic N) is 1. The molecule has 0 aliphatic heterocycles. The second-order valence-corrected chi connectivity index (χ2v) is 3.77. The summed E-state index contributed by atoms with van der Waals surface area (Å²) in [6.07, 6.45) is 0. The van der Waals surface area contributed by atoms with Crippen LogP contribution in [-0.4, -0.2) is 6.54 Å². The molecule has 0 radical (unpaired) electrons. The number of hydrogen-bond donors (Lipinski definition) is 1. The first-order valence-electron chi connectivity index (χ1n) is 4.20. The van der Waals surface area contributed by atoms with Crippen LogP contribution in [0.2, 0.25) is 10.0 Å². The molecule has 1 N–H and O–H groups in total. The Kier molecular flexibility index (Phi) is 4.21. The van der Waals surface area contributed by atoms with Crippen LogP contribution in [0, 0.1) is 11.3 Å². The molecule has 0 aliphatic carbocycles. The summed E-state index contributed by atoms with van der Waals surface area (Å²) >= 11 is 11.8. The maximum absolute atomic E-state index is 8.41. The minimum absolute atomic E-state index is 0.0550. The number of halogens is 2. The van der Waals surface area contributed by atoms with Gasteiger partial charge < -0.3 is 0 Å². The van der Waals surface area contributed by atoms with Gasteiger partial charge in [0, 0.05) is 16.1 Å². The molecule has 1 atom stereocenters. The summed E-state index contributed by atoms with van der Waals surface area (Å²) in [5.41, 5.74) is 0.950. The van der Waals surface area contributed by atoms with Crippen molar-refractivity contribution in [3.8, 4) is 6.07 Å². The van der Waals surface area contributed by atoms with Crippen molar-refractivity contribution in [2.45, 2.75) is 13.0 Å². The second kappa shape index (κ2) is 5.21. The lowest BCUT2D eigenvalue weighted by Gasteiger charge is -2.13. The summed E-state index contributed by atoms with van der Waals surface area (Å²) < 4.78 is 0. The monoisotopic (exact) mass is 228 g/mol. The first-order valence-corrected chi connectivity index (χ1v) is 4.96. The summed E-state index contributed by atoms with van der Waals surface area (Å²) in [5, 5.41) is 12.7. The van der Waals surface area contributed by atoms with E-state index in [-0.39, 0.29) is 6.04 Å². The quantitative estimate of drug-likeness (QED) is 0.808. The molecule has 0 aliphatic rings. The third-order valence-electron chi connectivity index (χ3n) is 1.92. The van der Waals surface area contributed by atoms with Gasteiger partial charge in [0.25, 0.3) is 0 Å². The third-order valence-corrected chi connectivity index (χ3v) is 2.48. The van der Waals surface area contributed by atoms with Crippen molar-refractivity contribution >= 4 is 23.2 Å². The van der Waals surface area contributed by atoms with Crippen LogP contribution in [0.4, 0.5) is 0 Å². The van der Waals surface area contributed by atoms with Crippen molar-refractivity contribution in [1.82, 2.24) is 5.32 Å². The van der Waals surface area contributed by atoms with E-state index in [4.69, 9.17) is 28.5 Å². The molecule has 0 heterocycles. The summed E-state index contributed by atoms with van der Waals surface area (Å²) in [6, 6.07) is 7.42. The van der Waals surface area contributed by atoms with Crippen LogP contribution in [0.15, 0.2) is 18.2 Å². The number of nitriles is 1. The highest BCUT2D eigenvalue weighted by Crippen LogP contribution is 2.25. The van der Waals surface area contributed by atoms with Crippen molar-refractivity contribution < 1.29 is 0 Å². The van der Waals surface area contributed by atoms with Crippen molar-refractivity contribution in [2.24, 2.45) is 0 Å².